The molecule has 0 spiro atoms. The quantitative estimate of drug-likeness (QED) is 0.163. The summed E-state index contributed by atoms with van der Waals surface area (Å²) in [4.78, 5) is 15.1. The predicted octanol–water partition coefficient (Wildman–Crippen LogP) is 13.3. The van der Waals surface area contributed by atoms with E-state index in [2.05, 4.69) is 140 Å². The van der Waals surface area contributed by atoms with Crippen molar-refractivity contribution in [3.8, 4) is 67.5 Å². The Hall–Kier alpha value is -7.23. The lowest BCUT2D eigenvalue weighted by Crippen LogP contribution is -2.00. The first kappa shape index (κ1) is 31.5. The zero-order chi connectivity index (χ0) is 35.8. The molecule has 0 N–H and O–H groups in total. The van der Waals surface area contributed by atoms with Gasteiger partial charge in [0.25, 0.3) is 0 Å². The van der Waals surface area contributed by atoms with E-state index in [1.165, 1.54) is 54.9 Å². The summed E-state index contributed by atoms with van der Waals surface area (Å²) in [6.07, 6.45) is 0. The van der Waals surface area contributed by atoms with Gasteiger partial charge in [-0.2, -0.15) is 0 Å². The third-order valence-corrected chi connectivity index (χ3v) is 10.3. The Labute approximate surface area is 313 Å². The van der Waals surface area contributed by atoms with Gasteiger partial charge in [0.05, 0.1) is 0 Å². The van der Waals surface area contributed by atoms with Crippen molar-refractivity contribution in [2.75, 3.05) is 0 Å². The summed E-state index contributed by atoms with van der Waals surface area (Å²) in [5.74, 6) is 1.95. The van der Waals surface area contributed by atoms with Gasteiger partial charge in [0.2, 0.25) is 0 Å². The zero-order valence-corrected chi connectivity index (χ0v) is 29.4. The second-order valence-electron chi connectivity index (χ2n) is 13.5. The molecule has 0 unspecified atom stereocenters. The molecule has 0 saturated carbocycles. The standard InChI is InChI=1S/C51H33N3/c1-4-16-34(17-5-1)35-28-30-36(31-29-35)47-41-24-12-14-26-43(41)48(44-27-15-13-25-42(44)47)45-32-33-46(40-23-11-10-22-39(40)45)51-53-49(37-18-6-2-7-19-37)52-50(54-51)38-20-8-3-9-21-38/h1-33H. The minimum absolute atomic E-state index is 0.648. The van der Waals surface area contributed by atoms with Crippen LogP contribution >= 0.6 is 0 Å². The molecule has 3 nitrogen and oxygen atoms in total. The fraction of sp³-hybridized carbons (Fsp3) is 0. The third-order valence-electron chi connectivity index (χ3n) is 10.3. The number of nitrogens with zero attached hydrogens (tertiary/aromatic N) is 3. The Balaban J connectivity index is 1.19. The smallest absolute Gasteiger partial charge is 0.164 e. The van der Waals surface area contributed by atoms with Crippen LogP contribution in [0.3, 0.4) is 0 Å². The molecule has 1 heterocycles. The van der Waals surface area contributed by atoms with Crippen molar-refractivity contribution in [2.45, 2.75) is 0 Å². The van der Waals surface area contributed by atoms with Gasteiger partial charge in [-0.3, -0.25) is 0 Å². The van der Waals surface area contributed by atoms with Crippen LogP contribution < -0.4 is 0 Å². The number of hydrogen-bond donors (Lipinski definition) is 0. The van der Waals surface area contributed by atoms with E-state index in [4.69, 9.17) is 15.0 Å². The van der Waals surface area contributed by atoms with Gasteiger partial charge in [0.1, 0.15) is 0 Å². The number of benzene rings is 9. The molecule has 0 aliphatic carbocycles. The lowest BCUT2D eigenvalue weighted by molar-refractivity contribution is 1.08. The van der Waals surface area contributed by atoms with Gasteiger partial charge in [0, 0.05) is 16.7 Å². The highest BCUT2D eigenvalue weighted by Crippen LogP contribution is 2.46. The van der Waals surface area contributed by atoms with Crippen molar-refractivity contribution >= 4 is 32.3 Å². The molecule has 0 aliphatic heterocycles. The molecule has 0 saturated heterocycles. The second kappa shape index (κ2) is 13.4. The summed E-state index contributed by atoms with van der Waals surface area (Å²) in [6, 6.07) is 70.6. The van der Waals surface area contributed by atoms with Crippen LogP contribution in [-0.4, -0.2) is 15.0 Å². The average Bonchev–Trinajstić information content (AvgIpc) is 3.26. The molecule has 0 radical (unpaired) electrons. The van der Waals surface area contributed by atoms with Gasteiger partial charge in [-0.15, -0.1) is 0 Å². The summed E-state index contributed by atoms with van der Waals surface area (Å²) in [5, 5.41) is 7.12. The summed E-state index contributed by atoms with van der Waals surface area (Å²) >= 11 is 0. The van der Waals surface area contributed by atoms with Crippen LogP contribution in [0.15, 0.2) is 200 Å². The molecule has 0 aliphatic rings. The van der Waals surface area contributed by atoms with E-state index >= 15 is 0 Å². The molecule has 0 fully saturated rings. The number of aromatic nitrogens is 3. The lowest BCUT2D eigenvalue weighted by Gasteiger charge is -2.19. The summed E-state index contributed by atoms with van der Waals surface area (Å²) in [5.41, 5.74) is 10.1. The highest BCUT2D eigenvalue weighted by atomic mass is 15.0. The second-order valence-corrected chi connectivity index (χ2v) is 13.5. The Kier molecular flexibility index (Phi) is 7.81. The molecule has 10 aromatic rings. The fourth-order valence-corrected chi connectivity index (χ4v) is 7.83. The van der Waals surface area contributed by atoms with Crippen LogP contribution in [0, 0.1) is 0 Å². The van der Waals surface area contributed by atoms with E-state index < -0.39 is 0 Å². The lowest BCUT2D eigenvalue weighted by atomic mass is 9.84. The molecule has 0 amide bonds. The first-order valence-corrected chi connectivity index (χ1v) is 18.3. The van der Waals surface area contributed by atoms with E-state index in [-0.39, 0.29) is 0 Å². The van der Waals surface area contributed by atoms with Crippen LogP contribution in [0.25, 0.3) is 99.9 Å². The predicted molar refractivity (Wildman–Crippen MR) is 225 cm³/mol. The minimum Gasteiger partial charge on any atom is -0.208 e. The molecular formula is C51H33N3. The van der Waals surface area contributed by atoms with E-state index in [0.717, 1.165) is 27.5 Å². The highest BCUT2D eigenvalue weighted by molar-refractivity contribution is 6.24. The van der Waals surface area contributed by atoms with Gasteiger partial charge in [-0.05, 0) is 71.8 Å². The van der Waals surface area contributed by atoms with Crippen molar-refractivity contribution in [3.63, 3.8) is 0 Å². The van der Waals surface area contributed by atoms with E-state index in [0.29, 0.717) is 17.5 Å². The van der Waals surface area contributed by atoms with Crippen molar-refractivity contribution in [2.24, 2.45) is 0 Å². The van der Waals surface area contributed by atoms with Gasteiger partial charge >= 0.3 is 0 Å². The fourth-order valence-electron chi connectivity index (χ4n) is 7.83. The summed E-state index contributed by atoms with van der Waals surface area (Å²) in [6.45, 7) is 0. The van der Waals surface area contributed by atoms with Crippen molar-refractivity contribution in [1.82, 2.24) is 15.0 Å². The van der Waals surface area contributed by atoms with E-state index in [1.807, 2.05) is 60.7 Å². The molecule has 3 heteroatoms. The van der Waals surface area contributed by atoms with Crippen LogP contribution in [0.5, 0.6) is 0 Å². The first-order valence-electron chi connectivity index (χ1n) is 18.3. The van der Waals surface area contributed by atoms with Crippen LogP contribution in [0.1, 0.15) is 0 Å². The maximum Gasteiger partial charge on any atom is 0.164 e. The van der Waals surface area contributed by atoms with Crippen molar-refractivity contribution in [3.05, 3.63) is 200 Å². The van der Waals surface area contributed by atoms with Gasteiger partial charge in [0.15, 0.2) is 17.5 Å². The minimum atomic E-state index is 0.648. The van der Waals surface area contributed by atoms with Crippen molar-refractivity contribution in [1.29, 1.82) is 0 Å². The molecule has 9 aromatic carbocycles. The van der Waals surface area contributed by atoms with Gasteiger partial charge in [-0.25, -0.2) is 15.0 Å². The monoisotopic (exact) mass is 687 g/mol. The molecular weight excluding hydrogens is 655 g/mol. The van der Waals surface area contributed by atoms with Crippen LogP contribution in [0.2, 0.25) is 0 Å². The van der Waals surface area contributed by atoms with Crippen LogP contribution in [-0.2, 0) is 0 Å². The third kappa shape index (κ3) is 5.51. The molecule has 0 bridgehead atoms. The number of hydrogen-bond acceptors (Lipinski definition) is 3. The normalized spacial score (nSPS) is 11.3. The topological polar surface area (TPSA) is 38.7 Å². The Morgan fingerprint density at radius 2 is 0.537 bits per heavy atom. The van der Waals surface area contributed by atoms with Crippen molar-refractivity contribution < 1.29 is 0 Å². The van der Waals surface area contributed by atoms with Gasteiger partial charge in [-0.1, -0.05) is 194 Å². The Morgan fingerprint density at radius 3 is 1.04 bits per heavy atom. The Bertz CT molecular complexity index is 2840. The molecule has 1 aromatic heterocycles. The largest absolute Gasteiger partial charge is 0.208 e. The maximum atomic E-state index is 5.10. The Morgan fingerprint density at radius 1 is 0.204 bits per heavy atom. The molecule has 252 valence electrons. The molecule has 0 atom stereocenters. The summed E-state index contributed by atoms with van der Waals surface area (Å²) < 4.78 is 0. The van der Waals surface area contributed by atoms with Crippen LogP contribution in [0.4, 0.5) is 0 Å². The number of fused-ring (bicyclic) bond motifs is 3. The van der Waals surface area contributed by atoms with E-state index in [9.17, 15) is 0 Å². The maximum absolute atomic E-state index is 5.10. The number of rotatable bonds is 6. The molecule has 10 rings (SSSR count). The summed E-state index contributed by atoms with van der Waals surface area (Å²) in [7, 11) is 0. The first-order chi connectivity index (χ1) is 26.8. The van der Waals surface area contributed by atoms with E-state index in [1.54, 1.807) is 0 Å². The highest BCUT2D eigenvalue weighted by Gasteiger charge is 2.20. The SMILES string of the molecule is c1ccc(-c2ccc(-c3c4ccccc4c(-c4ccc(-c5nc(-c6ccccc6)nc(-c6ccccc6)n5)c5ccccc45)c4ccccc34)cc2)cc1. The zero-order valence-electron chi connectivity index (χ0n) is 29.4. The average molecular weight is 688 g/mol. The molecule has 54 heavy (non-hydrogen) atoms. The van der Waals surface area contributed by atoms with Gasteiger partial charge < -0.3 is 0 Å².